The van der Waals surface area contributed by atoms with Gasteiger partial charge in [-0.15, -0.1) is 11.3 Å². The van der Waals surface area contributed by atoms with Gasteiger partial charge >= 0.3 is 0 Å². The maximum absolute atomic E-state index is 13.5. The lowest BCUT2D eigenvalue weighted by Gasteiger charge is -2.39. The summed E-state index contributed by atoms with van der Waals surface area (Å²) in [6.45, 7) is 1.20. The summed E-state index contributed by atoms with van der Waals surface area (Å²) in [7, 11) is 0. The van der Waals surface area contributed by atoms with E-state index >= 15 is 0 Å². The molecule has 1 saturated heterocycles. The number of alkyl halides is 2. The molecule has 3 unspecified atom stereocenters. The highest BCUT2D eigenvalue weighted by Gasteiger charge is 2.54. The molecule has 2 saturated carbocycles. The van der Waals surface area contributed by atoms with Gasteiger partial charge in [0.05, 0.1) is 10.9 Å². The second kappa shape index (κ2) is 6.04. The van der Waals surface area contributed by atoms with Crippen LogP contribution in [0.5, 0.6) is 0 Å². The molecule has 3 aliphatic rings. The number of hydrogen-bond donors (Lipinski definition) is 1. The minimum Gasteiger partial charge on any atom is -0.347 e. The van der Waals surface area contributed by atoms with Gasteiger partial charge in [-0.05, 0) is 37.1 Å². The van der Waals surface area contributed by atoms with Gasteiger partial charge in [-0.1, -0.05) is 12.5 Å². The molecule has 0 aromatic carbocycles. The molecule has 1 N–H and O–H groups in total. The number of amides is 2. The van der Waals surface area contributed by atoms with Crippen LogP contribution < -0.4 is 5.32 Å². The second-order valence-corrected chi connectivity index (χ2v) is 8.57. The summed E-state index contributed by atoms with van der Waals surface area (Å²) >= 11 is 1.42. The number of rotatable bonds is 3. The highest BCUT2D eigenvalue weighted by molar-refractivity contribution is 7.12. The Balaban J connectivity index is 1.44. The molecule has 3 fully saturated rings. The topological polar surface area (TPSA) is 49.4 Å². The Bertz CT molecular complexity index is 679. The fraction of sp³-hybridized carbons (Fsp3) is 0.667. The van der Waals surface area contributed by atoms with Crippen molar-refractivity contribution < 1.29 is 18.4 Å². The largest absolute Gasteiger partial charge is 0.347 e. The van der Waals surface area contributed by atoms with Gasteiger partial charge < -0.3 is 10.2 Å². The monoisotopic (exact) mass is 368 g/mol. The van der Waals surface area contributed by atoms with E-state index in [1.807, 2.05) is 22.4 Å². The van der Waals surface area contributed by atoms with Gasteiger partial charge in [0.15, 0.2) is 0 Å². The zero-order valence-corrected chi connectivity index (χ0v) is 14.8. The third-order valence-electron chi connectivity index (χ3n) is 6.22. The molecule has 2 amide bonds. The van der Waals surface area contributed by atoms with Crippen molar-refractivity contribution in [1.29, 1.82) is 0 Å². The normalized spacial score (nSPS) is 33.4. The lowest BCUT2D eigenvalue weighted by molar-refractivity contribution is -0.142. The van der Waals surface area contributed by atoms with Gasteiger partial charge in [-0.3, -0.25) is 9.59 Å². The minimum absolute atomic E-state index is 0.0171. The molecular formula is C18H22F2N2O2S. The smallest absolute Gasteiger partial charge is 0.267 e. The lowest BCUT2D eigenvalue weighted by atomic mass is 9.76. The zero-order chi connectivity index (χ0) is 17.7. The fourth-order valence-electron chi connectivity index (χ4n) is 4.62. The van der Waals surface area contributed by atoms with Crippen molar-refractivity contribution in [1.82, 2.24) is 10.2 Å². The third-order valence-corrected chi connectivity index (χ3v) is 7.08. The number of nitrogens with zero attached hydrogens (tertiary/aromatic N) is 1. The van der Waals surface area contributed by atoms with Gasteiger partial charge in [-0.2, -0.15) is 0 Å². The van der Waals surface area contributed by atoms with Crippen LogP contribution in [0.25, 0.3) is 0 Å². The molecule has 1 spiro atoms. The molecule has 1 aromatic heterocycles. The summed E-state index contributed by atoms with van der Waals surface area (Å²) in [6, 6.07) is 2.66. The molecule has 25 heavy (non-hydrogen) atoms. The first-order valence-corrected chi connectivity index (χ1v) is 9.80. The highest BCUT2D eigenvalue weighted by atomic mass is 32.1. The Morgan fingerprint density at radius 2 is 2.08 bits per heavy atom. The summed E-state index contributed by atoms with van der Waals surface area (Å²) in [5.74, 6) is -3.25. The Kier molecular flexibility index (Phi) is 4.09. The number of thiophene rings is 1. The van der Waals surface area contributed by atoms with Crippen LogP contribution in [0, 0.1) is 11.3 Å². The summed E-state index contributed by atoms with van der Waals surface area (Å²) < 4.78 is 27.0. The molecule has 2 aliphatic carbocycles. The van der Waals surface area contributed by atoms with Crippen molar-refractivity contribution in [3.8, 4) is 0 Å². The van der Waals surface area contributed by atoms with Gasteiger partial charge in [-0.25, -0.2) is 8.78 Å². The van der Waals surface area contributed by atoms with E-state index in [0.29, 0.717) is 24.4 Å². The van der Waals surface area contributed by atoms with Gasteiger partial charge in [0, 0.05) is 30.8 Å². The molecule has 3 atom stereocenters. The summed E-state index contributed by atoms with van der Waals surface area (Å²) in [4.78, 5) is 27.8. The SMILES string of the molecule is O=C(NC1CCC1(F)F)C1CCCC12CCN(C(=O)c1cccs1)C2. The van der Waals surface area contributed by atoms with Crippen molar-refractivity contribution in [3.05, 3.63) is 22.4 Å². The van der Waals surface area contributed by atoms with Crippen LogP contribution in [0.4, 0.5) is 8.78 Å². The second-order valence-electron chi connectivity index (χ2n) is 7.62. The molecule has 1 aromatic rings. The molecule has 1 aliphatic heterocycles. The molecule has 0 bridgehead atoms. The van der Waals surface area contributed by atoms with E-state index in [2.05, 4.69) is 5.32 Å². The summed E-state index contributed by atoms with van der Waals surface area (Å²) in [5.41, 5.74) is -0.240. The predicted octanol–water partition coefficient (Wildman–Crippen LogP) is 3.29. The standard InChI is InChI=1S/C18H22F2N2O2S/c19-18(20)7-5-14(18)21-15(23)12-3-1-6-17(12)8-9-22(11-17)16(24)13-4-2-10-25-13/h2,4,10,12,14H,1,3,5-9,11H2,(H,21,23). The van der Waals surface area contributed by atoms with Crippen LogP contribution in [0.3, 0.4) is 0 Å². The van der Waals surface area contributed by atoms with Crippen molar-refractivity contribution >= 4 is 23.2 Å². The maximum atomic E-state index is 13.5. The Labute approximate surface area is 149 Å². The highest BCUT2D eigenvalue weighted by Crippen LogP contribution is 2.50. The van der Waals surface area contributed by atoms with E-state index in [0.717, 1.165) is 25.7 Å². The fourth-order valence-corrected chi connectivity index (χ4v) is 5.31. The van der Waals surface area contributed by atoms with E-state index in [9.17, 15) is 18.4 Å². The van der Waals surface area contributed by atoms with Crippen LogP contribution in [0.15, 0.2) is 17.5 Å². The zero-order valence-electron chi connectivity index (χ0n) is 14.0. The molecule has 2 heterocycles. The molecule has 0 radical (unpaired) electrons. The number of carbonyl (C=O) groups excluding carboxylic acids is 2. The minimum atomic E-state index is -2.77. The van der Waals surface area contributed by atoms with Crippen molar-refractivity contribution in [2.45, 2.75) is 50.5 Å². The number of halogens is 2. The van der Waals surface area contributed by atoms with E-state index in [-0.39, 0.29) is 29.6 Å². The van der Waals surface area contributed by atoms with Crippen LogP contribution in [0.1, 0.15) is 48.2 Å². The van der Waals surface area contributed by atoms with E-state index < -0.39 is 12.0 Å². The quantitative estimate of drug-likeness (QED) is 0.890. The molecule has 7 heteroatoms. The first kappa shape index (κ1) is 16.9. The van der Waals surface area contributed by atoms with Crippen LogP contribution in [0.2, 0.25) is 0 Å². The predicted molar refractivity (Wildman–Crippen MR) is 90.7 cm³/mol. The van der Waals surface area contributed by atoms with Crippen LogP contribution in [-0.4, -0.2) is 41.8 Å². The Morgan fingerprint density at radius 1 is 1.24 bits per heavy atom. The van der Waals surface area contributed by atoms with Crippen molar-refractivity contribution in [2.24, 2.45) is 11.3 Å². The Hall–Kier alpha value is -1.50. The number of carbonyl (C=O) groups is 2. The van der Waals surface area contributed by atoms with E-state index in [1.54, 1.807) is 0 Å². The first-order valence-electron chi connectivity index (χ1n) is 8.92. The van der Waals surface area contributed by atoms with Gasteiger partial charge in [0.1, 0.15) is 0 Å². The van der Waals surface area contributed by atoms with Crippen molar-refractivity contribution in [2.75, 3.05) is 13.1 Å². The average molecular weight is 368 g/mol. The van der Waals surface area contributed by atoms with Crippen LogP contribution >= 0.6 is 11.3 Å². The van der Waals surface area contributed by atoms with Crippen molar-refractivity contribution in [3.63, 3.8) is 0 Å². The maximum Gasteiger partial charge on any atom is 0.267 e. The average Bonchev–Trinajstić information content (AvgIpc) is 3.33. The Morgan fingerprint density at radius 3 is 2.72 bits per heavy atom. The van der Waals surface area contributed by atoms with E-state index in [4.69, 9.17) is 0 Å². The molecular weight excluding hydrogens is 346 g/mol. The van der Waals surface area contributed by atoms with Crippen LogP contribution in [-0.2, 0) is 4.79 Å². The lowest BCUT2D eigenvalue weighted by Crippen LogP contribution is -2.57. The molecule has 4 rings (SSSR count). The molecule has 4 nitrogen and oxygen atoms in total. The number of likely N-dealkylation sites (tertiary alicyclic amines) is 1. The van der Waals surface area contributed by atoms with Gasteiger partial charge in [0.2, 0.25) is 5.91 Å². The van der Waals surface area contributed by atoms with Gasteiger partial charge in [0.25, 0.3) is 11.8 Å². The third kappa shape index (κ3) is 2.86. The number of nitrogens with one attached hydrogen (secondary N) is 1. The molecule has 136 valence electrons. The summed E-state index contributed by atoms with van der Waals surface area (Å²) in [6.07, 6.45) is 3.52. The summed E-state index contributed by atoms with van der Waals surface area (Å²) in [5, 5.41) is 4.46. The van der Waals surface area contributed by atoms with E-state index in [1.165, 1.54) is 11.3 Å². The first-order chi connectivity index (χ1) is 11.9. The number of hydrogen-bond acceptors (Lipinski definition) is 3.